The highest BCUT2D eigenvalue weighted by Gasteiger charge is 2.09. The summed E-state index contributed by atoms with van der Waals surface area (Å²) in [7, 11) is 0. The zero-order chi connectivity index (χ0) is 9.84. The minimum Gasteiger partial charge on any atom is -0.211 e. The third-order valence-corrected chi connectivity index (χ3v) is 1.31. The van der Waals surface area contributed by atoms with Gasteiger partial charge in [-0.15, -0.1) is 0 Å². The van der Waals surface area contributed by atoms with Gasteiger partial charge < -0.3 is 0 Å². The molecule has 0 heterocycles. The monoisotopic (exact) mass is 180 g/mol. The van der Waals surface area contributed by atoms with Crippen LogP contribution >= 0.6 is 0 Å². The maximum atomic E-state index is 12.8. The lowest BCUT2D eigenvalue weighted by Gasteiger charge is -1.96. The largest absolute Gasteiger partial charge is 0.240 e. The molecule has 13 heavy (non-hydrogen) atoms. The fraction of sp³-hybridized carbons (Fsp3) is 0. The van der Waals surface area contributed by atoms with Crippen molar-refractivity contribution in [2.75, 3.05) is 0 Å². The highest BCUT2D eigenvalue weighted by atomic mass is 19.1. The van der Waals surface area contributed by atoms with E-state index in [1.165, 1.54) is 6.07 Å². The Morgan fingerprint density at radius 2 is 1.85 bits per heavy atom. The van der Waals surface area contributed by atoms with Crippen LogP contribution in [-0.2, 0) is 4.79 Å². The lowest BCUT2D eigenvalue weighted by Crippen LogP contribution is -1.88. The van der Waals surface area contributed by atoms with Crippen molar-refractivity contribution in [3.8, 4) is 6.07 Å². The van der Waals surface area contributed by atoms with Crippen molar-refractivity contribution in [1.29, 1.82) is 5.26 Å². The van der Waals surface area contributed by atoms with E-state index in [4.69, 9.17) is 5.26 Å². The van der Waals surface area contributed by atoms with Gasteiger partial charge in [-0.05, 0) is 0 Å². The van der Waals surface area contributed by atoms with E-state index in [9.17, 15) is 13.6 Å². The maximum Gasteiger partial charge on any atom is 0.240 e. The number of halogens is 2. The van der Waals surface area contributed by atoms with Gasteiger partial charge >= 0.3 is 0 Å². The first kappa shape index (κ1) is 9.04. The summed E-state index contributed by atoms with van der Waals surface area (Å²) in [5, 5.41) is 8.28. The molecule has 0 aromatic heterocycles. The average Bonchev–Trinajstić information content (AvgIpc) is 2.04. The fourth-order valence-corrected chi connectivity index (χ4v) is 0.784. The summed E-state index contributed by atoms with van der Waals surface area (Å²) >= 11 is 0. The van der Waals surface area contributed by atoms with Gasteiger partial charge in [0.2, 0.25) is 6.08 Å². The molecule has 0 saturated heterocycles. The van der Waals surface area contributed by atoms with Crippen LogP contribution in [0, 0.1) is 23.0 Å². The van der Waals surface area contributed by atoms with Crippen molar-refractivity contribution >= 4 is 11.8 Å². The number of hydrogen-bond donors (Lipinski definition) is 0. The van der Waals surface area contributed by atoms with Crippen molar-refractivity contribution in [1.82, 2.24) is 0 Å². The molecule has 0 bridgehead atoms. The highest BCUT2D eigenvalue weighted by molar-refractivity contribution is 5.51. The van der Waals surface area contributed by atoms with Crippen molar-refractivity contribution in [3.05, 3.63) is 29.3 Å². The van der Waals surface area contributed by atoms with E-state index >= 15 is 0 Å². The Hall–Kier alpha value is -2.05. The molecule has 0 spiro atoms. The van der Waals surface area contributed by atoms with Gasteiger partial charge in [-0.3, -0.25) is 0 Å². The van der Waals surface area contributed by atoms with Crippen LogP contribution in [0.3, 0.4) is 0 Å². The van der Waals surface area contributed by atoms with Gasteiger partial charge in [-0.1, -0.05) is 0 Å². The Labute approximate surface area is 71.9 Å². The van der Waals surface area contributed by atoms with Gasteiger partial charge in [0, 0.05) is 12.1 Å². The van der Waals surface area contributed by atoms with Gasteiger partial charge in [0.25, 0.3) is 0 Å². The van der Waals surface area contributed by atoms with Crippen LogP contribution in [-0.4, -0.2) is 6.08 Å². The summed E-state index contributed by atoms with van der Waals surface area (Å²) in [5.74, 6) is -2.09. The molecule has 0 atom stereocenters. The first-order valence-corrected chi connectivity index (χ1v) is 3.16. The van der Waals surface area contributed by atoms with Crippen molar-refractivity contribution < 1.29 is 13.6 Å². The zero-order valence-electron chi connectivity index (χ0n) is 6.21. The van der Waals surface area contributed by atoms with E-state index < -0.39 is 17.2 Å². The van der Waals surface area contributed by atoms with Crippen LogP contribution in [0.15, 0.2) is 17.1 Å². The summed E-state index contributed by atoms with van der Waals surface area (Å²) in [6.45, 7) is 0. The number of nitrogens with zero attached hydrogens (tertiary/aromatic N) is 2. The quantitative estimate of drug-likeness (QED) is 0.488. The van der Waals surface area contributed by atoms with Gasteiger partial charge in [-0.2, -0.15) is 10.3 Å². The molecule has 0 radical (unpaired) electrons. The molecular weight excluding hydrogens is 178 g/mol. The van der Waals surface area contributed by atoms with Crippen molar-refractivity contribution in [2.45, 2.75) is 0 Å². The number of benzene rings is 1. The summed E-state index contributed by atoms with van der Waals surface area (Å²) in [5.41, 5.74) is -0.895. The molecule has 0 saturated carbocycles. The molecule has 1 aromatic carbocycles. The SMILES string of the molecule is N#Cc1c(F)cc(N=C=O)cc1F. The molecule has 5 heteroatoms. The molecule has 64 valence electrons. The average molecular weight is 180 g/mol. The second kappa shape index (κ2) is 3.57. The number of nitriles is 1. The van der Waals surface area contributed by atoms with Crippen molar-refractivity contribution in [2.24, 2.45) is 4.99 Å². The van der Waals surface area contributed by atoms with Crippen molar-refractivity contribution in [3.63, 3.8) is 0 Å². The Morgan fingerprint density at radius 3 is 2.23 bits per heavy atom. The number of aliphatic imine (C=N–C) groups is 1. The van der Waals surface area contributed by atoms with E-state index in [1.54, 1.807) is 0 Å². The van der Waals surface area contributed by atoms with E-state index in [0.717, 1.165) is 18.2 Å². The summed E-state index contributed by atoms with van der Waals surface area (Å²) in [4.78, 5) is 12.8. The van der Waals surface area contributed by atoms with Gasteiger partial charge in [0.15, 0.2) is 0 Å². The van der Waals surface area contributed by atoms with E-state index in [0.29, 0.717) is 0 Å². The van der Waals surface area contributed by atoms with Crippen LogP contribution in [0.5, 0.6) is 0 Å². The second-order valence-corrected chi connectivity index (χ2v) is 2.10. The van der Waals surface area contributed by atoms with Crippen LogP contribution in [0.1, 0.15) is 5.56 Å². The molecule has 1 aromatic rings. The molecule has 0 aliphatic carbocycles. The Bertz CT molecular complexity index is 407. The number of hydrogen-bond acceptors (Lipinski definition) is 3. The standard InChI is InChI=1S/C8H2F2N2O/c9-7-1-5(12-4-13)2-8(10)6(7)3-11/h1-2H. The number of rotatable bonds is 1. The van der Waals surface area contributed by atoms with E-state index in [2.05, 4.69) is 4.99 Å². The van der Waals surface area contributed by atoms with Crippen LogP contribution in [0.4, 0.5) is 14.5 Å². The lowest BCUT2D eigenvalue weighted by atomic mass is 10.2. The minimum absolute atomic E-state index is 0.205. The smallest absolute Gasteiger partial charge is 0.211 e. The summed E-state index contributed by atoms with van der Waals surface area (Å²) < 4.78 is 25.6. The first-order chi connectivity index (χ1) is 6.19. The lowest BCUT2D eigenvalue weighted by molar-refractivity contribution is 0.564. The molecule has 1 rings (SSSR count). The van der Waals surface area contributed by atoms with Crippen LogP contribution in [0.25, 0.3) is 0 Å². The molecule has 0 fully saturated rings. The van der Waals surface area contributed by atoms with E-state index in [-0.39, 0.29) is 5.69 Å². The molecule has 0 unspecified atom stereocenters. The Morgan fingerprint density at radius 1 is 1.31 bits per heavy atom. The Balaban J connectivity index is 3.38. The molecule has 0 aliphatic rings. The predicted molar refractivity (Wildman–Crippen MR) is 38.9 cm³/mol. The second-order valence-electron chi connectivity index (χ2n) is 2.10. The number of carbonyl (C=O) groups excluding carboxylic acids is 1. The van der Waals surface area contributed by atoms with Crippen LogP contribution in [0.2, 0.25) is 0 Å². The maximum absolute atomic E-state index is 12.8. The fourth-order valence-electron chi connectivity index (χ4n) is 0.784. The topological polar surface area (TPSA) is 53.2 Å². The Kier molecular flexibility index (Phi) is 2.48. The third kappa shape index (κ3) is 1.75. The van der Waals surface area contributed by atoms with E-state index in [1.807, 2.05) is 0 Å². The molecule has 0 aliphatic heterocycles. The van der Waals surface area contributed by atoms with Gasteiger partial charge in [0.1, 0.15) is 23.3 Å². The number of isocyanates is 1. The van der Waals surface area contributed by atoms with Crippen LogP contribution < -0.4 is 0 Å². The minimum atomic E-state index is -1.04. The normalized spacial score (nSPS) is 8.69. The zero-order valence-corrected chi connectivity index (χ0v) is 6.21. The molecule has 0 amide bonds. The summed E-state index contributed by atoms with van der Waals surface area (Å²) in [6, 6.07) is 2.91. The molecule has 0 N–H and O–H groups in total. The third-order valence-electron chi connectivity index (χ3n) is 1.31. The predicted octanol–water partition coefficient (Wildman–Crippen LogP) is 1.80. The molecule has 3 nitrogen and oxygen atoms in total. The molecular formula is C8H2F2N2O. The summed E-state index contributed by atoms with van der Waals surface area (Å²) in [6.07, 6.45) is 1.13. The highest BCUT2D eigenvalue weighted by Crippen LogP contribution is 2.19. The van der Waals surface area contributed by atoms with Gasteiger partial charge in [-0.25, -0.2) is 13.6 Å². The first-order valence-electron chi connectivity index (χ1n) is 3.16. The van der Waals surface area contributed by atoms with Gasteiger partial charge in [0.05, 0.1) is 5.69 Å².